The molecule has 110 valence electrons. The summed E-state index contributed by atoms with van der Waals surface area (Å²) >= 11 is 0. The zero-order chi connectivity index (χ0) is 13.9. The van der Waals surface area contributed by atoms with Gasteiger partial charge in [-0.1, -0.05) is 57.8 Å². The second kappa shape index (κ2) is 9.75. The molecule has 1 rings (SSSR count). The Morgan fingerprint density at radius 3 is 1.84 bits per heavy atom. The number of carboxylic acid groups (broad SMARTS) is 1. The van der Waals surface area contributed by atoms with Crippen LogP contribution in [0, 0.1) is 4.91 Å². The van der Waals surface area contributed by atoms with Gasteiger partial charge in [-0.05, 0) is 12.8 Å². The standard InChI is InChI=1S/C14H26N2O3/c17-14(18)13-11-9-7-5-3-1-2-4-6-8-10-12-16(13)15-19/h13H,1-12H2,(H,17,18). The molecule has 1 fully saturated rings. The molecule has 0 radical (unpaired) electrons. The van der Waals surface area contributed by atoms with Gasteiger partial charge in [-0.15, -0.1) is 4.91 Å². The van der Waals surface area contributed by atoms with Crippen molar-refractivity contribution in [2.75, 3.05) is 6.54 Å². The lowest BCUT2D eigenvalue weighted by molar-refractivity contribution is -0.143. The molecule has 1 N–H and O–H groups in total. The van der Waals surface area contributed by atoms with Crippen LogP contribution >= 0.6 is 0 Å². The summed E-state index contributed by atoms with van der Waals surface area (Å²) < 4.78 is 0. The van der Waals surface area contributed by atoms with Crippen LogP contribution in [-0.4, -0.2) is 28.7 Å². The van der Waals surface area contributed by atoms with Crippen molar-refractivity contribution in [3.63, 3.8) is 0 Å². The number of nitroso groups, excluding NO2 is 1. The molecule has 1 atom stereocenters. The number of carboxylic acids is 1. The minimum Gasteiger partial charge on any atom is -0.480 e. The van der Waals surface area contributed by atoms with Gasteiger partial charge in [0.2, 0.25) is 0 Å². The fourth-order valence-electron chi connectivity index (χ4n) is 2.68. The number of aliphatic carboxylic acids is 1. The molecule has 1 aliphatic rings. The van der Waals surface area contributed by atoms with E-state index < -0.39 is 12.0 Å². The maximum Gasteiger partial charge on any atom is 0.328 e. The number of rotatable bonds is 2. The Morgan fingerprint density at radius 1 is 0.895 bits per heavy atom. The third kappa shape index (κ3) is 6.55. The van der Waals surface area contributed by atoms with Crippen LogP contribution in [0.5, 0.6) is 0 Å². The SMILES string of the molecule is O=NN1CCCCCCCCCCCCC1C(=O)O. The maximum absolute atomic E-state index is 11.2. The van der Waals surface area contributed by atoms with Gasteiger partial charge in [0.15, 0.2) is 0 Å². The lowest BCUT2D eigenvalue weighted by Crippen LogP contribution is -2.38. The highest BCUT2D eigenvalue weighted by atomic mass is 16.4. The first-order chi connectivity index (χ1) is 9.25. The summed E-state index contributed by atoms with van der Waals surface area (Å²) in [5, 5.41) is 13.4. The van der Waals surface area contributed by atoms with E-state index in [-0.39, 0.29) is 0 Å². The Morgan fingerprint density at radius 2 is 1.37 bits per heavy atom. The summed E-state index contributed by atoms with van der Waals surface area (Å²) in [5.41, 5.74) is 0. The fraction of sp³-hybridized carbons (Fsp3) is 0.929. The number of hydrogen-bond donors (Lipinski definition) is 1. The lowest BCUT2D eigenvalue weighted by Gasteiger charge is -2.23. The van der Waals surface area contributed by atoms with Crippen LogP contribution < -0.4 is 0 Å². The normalized spacial score (nSPS) is 24.4. The number of nitrogens with zero attached hydrogens (tertiary/aromatic N) is 2. The molecule has 1 aliphatic heterocycles. The first-order valence-corrected chi connectivity index (χ1v) is 7.58. The summed E-state index contributed by atoms with van der Waals surface area (Å²) in [7, 11) is 0. The van der Waals surface area contributed by atoms with E-state index in [0.717, 1.165) is 25.7 Å². The van der Waals surface area contributed by atoms with Crippen molar-refractivity contribution in [2.24, 2.45) is 5.29 Å². The number of hydrogen-bond acceptors (Lipinski definition) is 3. The van der Waals surface area contributed by atoms with Gasteiger partial charge in [0.25, 0.3) is 0 Å². The van der Waals surface area contributed by atoms with Gasteiger partial charge >= 0.3 is 5.97 Å². The van der Waals surface area contributed by atoms with E-state index in [4.69, 9.17) is 0 Å². The zero-order valence-corrected chi connectivity index (χ0v) is 11.7. The highest BCUT2D eigenvalue weighted by Crippen LogP contribution is 2.17. The molecule has 0 aliphatic carbocycles. The predicted molar refractivity (Wildman–Crippen MR) is 74.7 cm³/mol. The van der Waals surface area contributed by atoms with Gasteiger partial charge in [0.1, 0.15) is 6.04 Å². The van der Waals surface area contributed by atoms with Crippen LogP contribution in [0.2, 0.25) is 0 Å². The Bertz CT molecular complexity index is 271. The third-order valence-electron chi connectivity index (χ3n) is 3.86. The van der Waals surface area contributed by atoms with Gasteiger partial charge in [-0.3, -0.25) is 0 Å². The molecule has 1 saturated heterocycles. The molecule has 0 aromatic heterocycles. The molecular weight excluding hydrogens is 244 g/mol. The molecule has 0 bridgehead atoms. The molecule has 0 saturated carbocycles. The van der Waals surface area contributed by atoms with Gasteiger partial charge in [0, 0.05) is 6.54 Å². The second-order valence-electron chi connectivity index (χ2n) is 5.42. The molecule has 19 heavy (non-hydrogen) atoms. The van der Waals surface area contributed by atoms with E-state index in [1.54, 1.807) is 0 Å². The molecule has 1 heterocycles. The van der Waals surface area contributed by atoms with E-state index in [9.17, 15) is 14.8 Å². The summed E-state index contributed by atoms with van der Waals surface area (Å²) in [5.74, 6) is -0.924. The first kappa shape index (κ1) is 15.9. The predicted octanol–water partition coefficient (Wildman–Crippen LogP) is 3.73. The van der Waals surface area contributed by atoms with Crippen molar-refractivity contribution in [3.05, 3.63) is 4.91 Å². The van der Waals surface area contributed by atoms with Crippen LogP contribution in [0.3, 0.4) is 0 Å². The zero-order valence-electron chi connectivity index (χ0n) is 11.7. The van der Waals surface area contributed by atoms with E-state index in [1.807, 2.05) is 0 Å². The molecule has 0 aromatic rings. The van der Waals surface area contributed by atoms with Crippen molar-refractivity contribution >= 4 is 5.97 Å². The van der Waals surface area contributed by atoms with Crippen molar-refractivity contribution in [2.45, 2.75) is 76.7 Å². The Kier molecular flexibility index (Phi) is 8.18. The van der Waals surface area contributed by atoms with Crippen molar-refractivity contribution in [1.82, 2.24) is 5.01 Å². The third-order valence-corrected chi connectivity index (χ3v) is 3.86. The average Bonchev–Trinajstić information content (AvgIpc) is 2.40. The van der Waals surface area contributed by atoms with Crippen molar-refractivity contribution in [3.8, 4) is 0 Å². The Balaban J connectivity index is 2.50. The van der Waals surface area contributed by atoms with E-state index in [1.165, 1.54) is 43.5 Å². The molecule has 1 unspecified atom stereocenters. The monoisotopic (exact) mass is 270 g/mol. The molecule has 5 nitrogen and oxygen atoms in total. The molecular formula is C14H26N2O3. The largest absolute Gasteiger partial charge is 0.480 e. The molecule has 0 amide bonds. The maximum atomic E-state index is 11.2. The highest BCUT2D eigenvalue weighted by Gasteiger charge is 2.24. The highest BCUT2D eigenvalue weighted by molar-refractivity contribution is 5.73. The smallest absolute Gasteiger partial charge is 0.328 e. The minimum atomic E-state index is -0.924. The fourth-order valence-corrected chi connectivity index (χ4v) is 2.68. The topological polar surface area (TPSA) is 70.0 Å². The second-order valence-corrected chi connectivity index (χ2v) is 5.42. The summed E-state index contributed by atoms with van der Waals surface area (Å²) in [6.07, 6.45) is 11.8. The molecule has 0 aromatic carbocycles. The quantitative estimate of drug-likeness (QED) is 0.776. The van der Waals surface area contributed by atoms with Crippen LogP contribution in [0.15, 0.2) is 5.29 Å². The van der Waals surface area contributed by atoms with Crippen LogP contribution in [0.25, 0.3) is 0 Å². The van der Waals surface area contributed by atoms with Crippen LogP contribution in [-0.2, 0) is 4.79 Å². The molecule has 0 spiro atoms. The summed E-state index contributed by atoms with van der Waals surface area (Å²) in [4.78, 5) is 22.1. The van der Waals surface area contributed by atoms with Gasteiger partial charge in [0.05, 0.1) is 5.29 Å². The van der Waals surface area contributed by atoms with Crippen molar-refractivity contribution in [1.29, 1.82) is 0 Å². The van der Waals surface area contributed by atoms with Crippen LogP contribution in [0.4, 0.5) is 0 Å². The van der Waals surface area contributed by atoms with Gasteiger partial charge in [-0.25, -0.2) is 9.80 Å². The average molecular weight is 270 g/mol. The van der Waals surface area contributed by atoms with E-state index in [2.05, 4.69) is 5.29 Å². The molecule has 5 heteroatoms. The minimum absolute atomic E-state index is 0.473. The van der Waals surface area contributed by atoms with Gasteiger partial charge in [-0.2, -0.15) is 0 Å². The first-order valence-electron chi connectivity index (χ1n) is 7.58. The van der Waals surface area contributed by atoms with E-state index >= 15 is 0 Å². The summed E-state index contributed by atoms with van der Waals surface area (Å²) in [6, 6.07) is -0.736. The van der Waals surface area contributed by atoms with Crippen molar-refractivity contribution < 1.29 is 9.90 Å². The Hall–Kier alpha value is -1.13. The lowest BCUT2D eigenvalue weighted by atomic mass is 10.0. The Labute approximate surface area is 115 Å². The van der Waals surface area contributed by atoms with Crippen LogP contribution in [0.1, 0.15) is 70.6 Å². The summed E-state index contributed by atoms with van der Waals surface area (Å²) in [6.45, 7) is 0.473. The van der Waals surface area contributed by atoms with Gasteiger partial charge < -0.3 is 5.11 Å². The van der Waals surface area contributed by atoms with E-state index in [0.29, 0.717) is 13.0 Å². The number of carbonyl (C=O) groups is 1.